The first kappa shape index (κ1) is 29.4. The standard InChI is InChI=1S/C56H35NO2/c1-2-10-42-34-43(21-20-36(42)8-1)39-18-16-37(17-19-39)38-22-28-45(29-23-38)57(51-13-7-15-53-55(51)50-33-26-41-9-3-4-11-47(41)56(50)59-53)46-30-24-40(25-31-46)44-27-32-49-48-12-5-6-14-52(48)58-54(49)35-44/h1-35H/i24D,25D,30D,31D. The van der Waals surface area contributed by atoms with Crippen LogP contribution in [0.3, 0.4) is 0 Å². The minimum atomic E-state index is -0.167. The molecule has 0 amide bonds. The van der Waals surface area contributed by atoms with Gasteiger partial charge in [0.25, 0.3) is 0 Å². The summed E-state index contributed by atoms with van der Waals surface area (Å²) < 4.78 is 51.1. The zero-order valence-electron chi connectivity index (χ0n) is 35.7. The summed E-state index contributed by atoms with van der Waals surface area (Å²) in [6.45, 7) is 0. The smallest absolute Gasteiger partial charge is 0.143 e. The lowest BCUT2D eigenvalue weighted by molar-refractivity contribution is 0.669. The van der Waals surface area contributed by atoms with Gasteiger partial charge in [0.2, 0.25) is 0 Å². The molecule has 3 heteroatoms. The van der Waals surface area contributed by atoms with Gasteiger partial charge in [-0.25, -0.2) is 0 Å². The van der Waals surface area contributed by atoms with E-state index in [9.17, 15) is 5.48 Å². The van der Waals surface area contributed by atoms with Crippen molar-refractivity contribution >= 4 is 82.5 Å². The van der Waals surface area contributed by atoms with Crippen LogP contribution in [-0.4, -0.2) is 0 Å². The molecule has 0 bridgehead atoms. The zero-order chi connectivity index (χ0) is 42.3. The van der Waals surface area contributed by atoms with Gasteiger partial charge >= 0.3 is 0 Å². The Morgan fingerprint density at radius 2 is 0.915 bits per heavy atom. The van der Waals surface area contributed by atoms with Crippen LogP contribution in [0, 0.1) is 0 Å². The molecular formula is C56H35NO2. The SMILES string of the molecule is [2H]c1c([2H])c(N(c2ccc(-c3ccc(-c4ccc5ccccc5c4)cc3)cc2)c2cccc3oc4c5ccccc5ccc4c23)c([2H])c([2H])c1-c1ccc2c(c1)oc1ccccc12. The second kappa shape index (κ2) is 13.4. The predicted octanol–water partition coefficient (Wildman–Crippen LogP) is 16.3. The topological polar surface area (TPSA) is 29.5 Å². The highest BCUT2D eigenvalue weighted by Gasteiger charge is 2.21. The molecule has 0 unspecified atom stereocenters. The number of hydrogen-bond donors (Lipinski definition) is 0. The maximum atomic E-state index is 9.68. The van der Waals surface area contributed by atoms with Gasteiger partial charge in [-0.3, -0.25) is 0 Å². The molecule has 0 fully saturated rings. The van der Waals surface area contributed by atoms with E-state index in [1.807, 2.05) is 102 Å². The number of benzene rings is 10. The number of furan rings is 2. The molecule has 0 saturated carbocycles. The number of hydrogen-bond acceptors (Lipinski definition) is 3. The number of nitrogens with zero attached hydrogens (tertiary/aromatic N) is 1. The number of fused-ring (bicyclic) bond motifs is 9. The van der Waals surface area contributed by atoms with Crippen molar-refractivity contribution < 1.29 is 14.3 Å². The van der Waals surface area contributed by atoms with Gasteiger partial charge < -0.3 is 13.7 Å². The van der Waals surface area contributed by atoms with Gasteiger partial charge in [-0.1, -0.05) is 146 Å². The van der Waals surface area contributed by atoms with Gasteiger partial charge in [0.15, 0.2) is 0 Å². The average molecular weight is 758 g/mol. The number of rotatable bonds is 6. The van der Waals surface area contributed by atoms with Crippen LogP contribution in [0.1, 0.15) is 5.48 Å². The van der Waals surface area contributed by atoms with E-state index < -0.39 is 0 Å². The third-order valence-corrected chi connectivity index (χ3v) is 11.5. The fraction of sp³-hybridized carbons (Fsp3) is 0. The molecule has 0 aliphatic rings. The molecule has 12 aromatic rings. The van der Waals surface area contributed by atoms with Crippen LogP contribution >= 0.6 is 0 Å². The summed E-state index contributed by atoms with van der Waals surface area (Å²) in [7, 11) is 0. The molecule has 0 aliphatic heterocycles. The van der Waals surface area contributed by atoms with E-state index >= 15 is 0 Å². The summed E-state index contributed by atoms with van der Waals surface area (Å²) in [6.07, 6.45) is 0. The monoisotopic (exact) mass is 757 g/mol. The number of anilines is 3. The summed E-state index contributed by atoms with van der Waals surface area (Å²) in [5.41, 5.74) is 9.31. The van der Waals surface area contributed by atoms with Crippen molar-refractivity contribution in [2.45, 2.75) is 0 Å². The summed E-state index contributed by atoms with van der Waals surface area (Å²) in [6, 6.07) is 62.3. The Morgan fingerprint density at radius 3 is 1.73 bits per heavy atom. The Labute approximate surface area is 346 Å². The molecule has 0 saturated heterocycles. The van der Waals surface area contributed by atoms with E-state index in [2.05, 4.69) is 91.0 Å². The molecule has 59 heavy (non-hydrogen) atoms. The summed E-state index contributed by atoms with van der Waals surface area (Å²) in [4.78, 5) is 1.85. The molecule has 0 atom stereocenters. The van der Waals surface area contributed by atoms with Gasteiger partial charge in [-0.05, 0) is 116 Å². The van der Waals surface area contributed by atoms with E-state index in [1.54, 1.807) is 0 Å². The molecule has 0 spiro atoms. The van der Waals surface area contributed by atoms with E-state index in [0.717, 1.165) is 65.7 Å². The molecule has 276 valence electrons. The summed E-state index contributed by atoms with van der Waals surface area (Å²) >= 11 is 0. The van der Waals surface area contributed by atoms with E-state index in [4.69, 9.17) is 8.83 Å². The van der Waals surface area contributed by atoms with Crippen LogP contribution < -0.4 is 4.90 Å². The second-order valence-corrected chi connectivity index (χ2v) is 15.0. The lowest BCUT2D eigenvalue weighted by Gasteiger charge is -2.26. The molecule has 0 radical (unpaired) electrons. The average Bonchev–Trinajstić information content (AvgIpc) is 3.91. The Balaban J connectivity index is 1.01. The van der Waals surface area contributed by atoms with Crippen molar-refractivity contribution in [1.29, 1.82) is 0 Å². The van der Waals surface area contributed by atoms with Crippen LogP contribution in [0.2, 0.25) is 0 Å². The van der Waals surface area contributed by atoms with Crippen LogP contribution in [-0.2, 0) is 0 Å². The fourth-order valence-corrected chi connectivity index (χ4v) is 8.58. The molecule has 3 nitrogen and oxygen atoms in total. The Kier molecular flexibility index (Phi) is 6.65. The lowest BCUT2D eigenvalue weighted by atomic mass is 9.98. The van der Waals surface area contributed by atoms with Crippen molar-refractivity contribution in [2.75, 3.05) is 4.90 Å². The van der Waals surface area contributed by atoms with Crippen LogP contribution in [0.15, 0.2) is 221 Å². The van der Waals surface area contributed by atoms with Crippen LogP contribution in [0.25, 0.3) is 98.8 Å². The normalized spacial score (nSPS) is 12.7. The Bertz CT molecular complexity index is 3770. The van der Waals surface area contributed by atoms with Crippen LogP contribution in [0.4, 0.5) is 17.1 Å². The molecule has 10 aromatic carbocycles. The van der Waals surface area contributed by atoms with Crippen LogP contribution in [0.5, 0.6) is 0 Å². The molecular weight excluding hydrogens is 719 g/mol. The first-order valence-electron chi connectivity index (χ1n) is 21.7. The third kappa shape index (κ3) is 5.59. The minimum absolute atomic E-state index is 0.133. The van der Waals surface area contributed by atoms with Gasteiger partial charge in [0, 0.05) is 32.9 Å². The molecule has 0 aliphatic carbocycles. The molecule has 2 aromatic heterocycles. The zero-order valence-corrected chi connectivity index (χ0v) is 31.7. The lowest BCUT2D eigenvalue weighted by Crippen LogP contribution is -2.10. The molecule has 2 heterocycles. The maximum Gasteiger partial charge on any atom is 0.143 e. The Hall–Kier alpha value is -7.88. The van der Waals surface area contributed by atoms with Gasteiger partial charge in [-0.15, -0.1) is 0 Å². The predicted molar refractivity (Wildman–Crippen MR) is 247 cm³/mol. The van der Waals surface area contributed by atoms with Crippen molar-refractivity contribution in [1.82, 2.24) is 0 Å². The van der Waals surface area contributed by atoms with Gasteiger partial charge in [0.1, 0.15) is 22.3 Å². The fourth-order valence-electron chi connectivity index (χ4n) is 8.58. The Morgan fingerprint density at radius 1 is 0.339 bits per heavy atom. The molecule has 0 N–H and O–H groups in total. The highest BCUT2D eigenvalue weighted by molar-refractivity contribution is 6.19. The van der Waals surface area contributed by atoms with Crippen molar-refractivity contribution in [2.24, 2.45) is 0 Å². The van der Waals surface area contributed by atoms with Crippen molar-refractivity contribution in [3.63, 3.8) is 0 Å². The minimum Gasteiger partial charge on any atom is -0.456 e. The largest absolute Gasteiger partial charge is 0.456 e. The number of para-hydroxylation sites is 1. The first-order chi connectivity index (χ1) is 30.9. The molecule has 12 rings (SSSR count). The quantitative estimate of drug-likeness (QED) is 0.169. The van der Waals surface area contributed by atoms with Gasteiger partial charge in [-0.2, -0.15) is 0 Å². The third-order valence-electron chi connectivity index (χ3n) is 11.5. The van der Waals surface area contributed by atoms with E-state index in [-0.39, 0.29) is 35.4 Å². The highest BCUT2D eigenvalue weighted by atomic mass is 16.3. The highest BCUT2D eigenvalue weighted by Crippen LogP contribution is 2.45. The maximum absolute atomic E-state index is 9.68. The second-order valence-electron chi connectivity index (χ2n) is 15.0. The summed E-state index contributed by atoms with van der Waals surface area (Å²) in [5, 5.41) is 8.04. The summed E-state index contributed by atoms with van der Waals surface area (Å²) in [5.74, 6) is 0. The van der Waals surface area contributed by atoms with Crippen molar-refractivity contribution in [3.8, 4) is 33.4 Å². The van der Waals surface area contributed by atoms with E-state index in [1.165, 1.54) is 10.8 Å². The van der Waals surface area contributed by atoms with Crippen molar-refractivity contribution in [3.05, 3.63) is 212 Å². The first-order valence-corrected chi connectivity index (χ1v) is 19.7. The van der Waals surface area contributed by atoms with Gasteiger partial charge in [0.05, 0.1) is 16.6 Å². The van der Waals surface area contributed by atoms with E-state index in [0.29, 0.717) is 28.1 Å².